The van der Waals surface area contributed by atoms with Crippen LogP contribution < -0.4 is 9.80 Å². The second-order valence-electron chi connectivity index (χ2n) is 8.99. The number of nitrogens with zero attached hydrogens (tertiary/aromatic N) is 3. The van der Waals surface area contributed by atoms with Crippen LogP contribution in [0.25, 0.3) is 0 Å². The van der Waals surface area contributed by atoms with E-state index in [1.54, 1.807) is 0 Å². The molecule has 0 amide bonds. The number of hydrogen-bond acceptors (Lipinski definition) is 3. The lowest BCUT2D eigenvalue weighted by atomic mass is 9.69. The van der Waals surface area contributed by atoms with E-state index in [1.165, 1.54) is 28.2 Å². The van der Waals surface area contributed by atoms with Crippen molar-refractivity contribution in [3.8, 4) is 0 Å². The largest absolute Gasteiger partial charge is 0.317 e. The number of hydrogen-bond donors (Lipinski definition) is 0. The Labute approximate surface area is 180 Å². The summed E-state index contributed by atoms with van der Waals surface area (Å²) in [6.45, 7) is 9.26. The summed E-state index contributed by atoms with van der Waals surface area (Å²) in [6, 6.07) is 22.2. The van der Waals surface area contributed by atoms with Crippen LogP contribution in [0.3, 0.4) is 0 Å². The molecule has 1 atom stereocenters. The van der Waals surface area contributed by atoms with E-state index in [0.29, 0.717) is 5.92 Å². The van der Waals surface area contributed by atoms with E-state index in [0.717, 1.165) is 25.1 Å². The van der Waals surface area contributed by atoms with Crippen LogP contribution in [-0.2, 0) is 5.41 Å². The number of anilines is 4. The van der Waals surface area contributed by atoms with Gasteiger partial charge in [-0.1, -0.05) is 64.1 Å². The van der Waals surface area contributed by atoms with Crippen molar-refractivity contribution >= 4 is 22.9 Å². The highest BCUT2D eigenvalue weighted by Gasteiger charge is 2.49. The van der Waals surface area contributed by atoms with Gasteiger partial charge in [-0.3, -0.25) is 0 Å². The second-order valence-corrected chi connectivity index (χ2v) is 8.99. The molecule has 0 saturated carbocycles. The molecule has 0 bridgehead atoms. The molecule has 0 fully saturated rings. The number of benzene rings is 2. The summed E-state index contributed by atoms with van der Waals surface area (Å²) in [7, 11) is 0. The van der Waals surface area contributed by atoms with Gasteiger partial charge in [0.2, 0.25) is 0 Å². The standard InChI is InChI=1S/C27H31N3/c1-5-27(6-2)18-25-29(23-15-10-8-13-21(23)27)24-16-11-17-28-26(24)30(25)22-14-9-7-12-20(22)19(3)4/h7-17,19,25H,5-6,18H2,1-4H3. The first-order valence-electron chi connectivity index (χ1n) is 11.3. The van der Waals surface area contributed by atoms with Gasteiger partial charge < -0.3 is 9.80 Å². The highest BCUT2D eigenvalue weighted by atomic mass is 15.5. The van der Waals surface area contributed by atoms with Crippen molar-refractivity contribution in [2.75, 3.05) is 9.80 Å². The van der Waals surface area contributed by atoms with Gasteiger partial charge in [0.25, 0.3) is 0 Å². The Bertz CT molecular complexity index is 1070. The van der Waals surface area contributed by atoms with Crippen LogP contribution in [-0.4, -0.2) is 11.1 Å². The maximum atomic E-state index is 4.90. The van der Waals surface area contributed by atoms with Crippen molar-refractivity contribution in [2.45, 2.75) is 64.5 Å². The molecule has 2 aliphatic heterocycles. The highest BCUT2D eigenvalue weighted by molar-refractivity contribution is 5.88. The summed E-state index contributed by atoms with van der Waals surface area (Å²) in [5, 5.41) is 0. The van der Waals surface area contributed by atoms with Crippen LogP contribution in [0.5, 0.6) is 0 Å². The summed E-state index contributed by atoms with van der Waals surface area (Å²) in [5.74, 6) is 1.54. The van der Waals surface area contributed by atoms with E-state index < -0.39 is 0 Å². The minimum atomic E-state index is 0.185. The molecule has 3 heterocycles. The van der Waals surface area contributed by atoms with Crippen LogP contribution in [0.1, 0.15) is 64.0 Å². The van der Waals surface area contributed by atoms with Gasteiger partial charge in [-0.05, 0) is 60.6 Å². The molecule has 1 aromatic heterocycles. The number of para-hydroxylation sites is 2. The van der Waals surface area contributed by atoms with Crippen molar-refractivity contribution in [1.82, 2.24) is 4.98 Å². The predicted octanol–water partition coefficient (Wildman–Crippen LogP) is 7.28. The summed E-state index contributed by atoms with van der Waals surface area (Å²) in [6.07, 6.45) is 5.56. The zero-order valence-electron chi connectivity index (χ0n) is 18.5. The lowest BCUT2D eigenvalue weighted by molar-refractivity contribution is 0.322. The molecule has 0 aliphatic carbocycles. The third-order valence-corrected chi connectivity index (χ3v) is 7.33. The molecule has 0 N–H and O–H groups in total. The molecule has 2 aliphatic rings. The van der Waals surface area contributed by atoms with Crippen LogP contribution in [0.15, 0.2) is 66.9 Å². The van der Waals surface area contributed by atoms with Crippen LogP contribution >= 0.6 is 0 Å². The second kappa shape index (κ2) is 7.16. The molecule has 5 rings (SSSR count). The highest BCUT2D eigenvalue weighted by Crippen LogP contribution is 2.57. The van der Waals surface area contributed by atoms with Crippen LogP contribution in [0.4, 0.5) is 22.9 Å². The molecule has 0 saturated heterocycles. The molecule has 0 radical (unpaired) electrons. The number of aromatic nitrogens is 1. The van der Waals surface area contributed by atoms with Crippen molar-refractivity contribution in [1.29, 1.82) is 0 Å². The fourth-order valence-electron chi connectivity index (χ4n) is 5.63. The molecule has 1 unspecified atom stereocenters. The third-order valence-electron chi connectivity index (χ3n) is 7.33. The Morgan fingerprint density at radius 1 is 0.867 bits per heavy atom. The minimum absolute atomic E-state index is 0.185. The maximum Gasteiger partial charge on any atom is 0.158 e. The number of pyridine rings is 1. The van der Waals surface area contributed by atoms with Gasteiger partial charge in [-0.2, -0.15) is 0 Å². The molecule has 30 heavy (non-hydrogen) atoms. The third kappa shape index (κ3) is 2.61. The van der Waals surface area contributed by atoms with Crippen molar-refractivity contribution in [3.05, 3.63) is 78.0 Å². The fourth-order valence-corrected chi connectivity index (χ4v) is 5.63. The Kier molecular flexibility index (Phi) is 4.57. The molecule has 0 spiro atoms. The van der Waals surface area contributed by atoms with Gasteiger partial charge in [-0.25, -0.2) is 4.98 Å². The molecule has 3 aromatic rings. The normalized spacial score (nSPS) is 18.9. The Morgan fingerprint density at radius 2 is 1.53 bits per heavy atom. The van der Waals surface area contributed by atoms with E-state index in [2.05, 4.69) is 98.2 Å². The minimum Gasteiger partial charge on any atom is -0.317 e. The van der Waals surface area contributed by atoms with Crippen molar-refractivity contribution < 1.29 is 0 Å². The molecule has 2 aromatic carbocycles. The van der Waals surface area contributed by atoms with Gasteiger partial charge in [0.05, 0.1) is 5.69 Å². The van der Waals surface area contributed by atoms with Gasteiger partial charge in [0.15, 0.2) is 5.82 Å². The van der Waals surface area contributed by atoms with Crippen LogP contribution in [0.2, 0.25) is 0 Å². The van der Waals surface area contributed by atoms with Gasteiger partial charge in [0, 0.05) is 23.0 Å². The zero-order chi connectivity index (χ0) is 20.9. The van der Waals surface area contributed by atoms with Crippen molar-refractivity contribution in [3.63, 3.8) is 0 Å². The number of fused-ring (bicyclic) bond motifs is 5. The SMILES string of the molecule is CCC1(CC)CC2N(c3ccccc31)c1cccnc1N2c1ccccc1C(C)C. The Balaban J connectivity index is 1.77. The van der Waals surface area contributed by atoms with E-state index in [-0.39, 0.29) is 11.6 Å². The van der Waals surface area contributed by atoms with Crippen molar-refractivity contribution in [2.24, 2.45) is 0 Å². The van der Waals surface area contributed by atoms with E-state index in [4.69, 9.17) is 4.98 Å². The molecular weight excluding hydrogens is 366 g/mol. The topological polar surface area (TPSA) is 19.4 Å². The zero-order valence-corrected chi connectivity index (χ0v) is 18.5. The maximum absolute atomic E-state index is 4.90. The molecule has 3 nitrogen and oxygen atoms in total. The van der Waals surface area contributed by atoms with Gasteiger partial charge in [0.1, 0.15) is 6.17 Å². The quantitative estimate of drug-likeness (QED) is 0.461. The Morgan fingerprint density at radius 3 is 2.27 bits per heavy atom. The molecule has 3 heteroatoms. The van der Waals surface area contributed by atoms with Gasteiger partial charge in [-0.15, -0.1) is 0 Å². The lowest BCUT2D eigenvalue weighted by Gasteiger charge is -2.47. The van der Waals surface area contributed by atoms with E-state index >= 15 is 0 Å². The summed E-state index contributed by atoms with van der Waals surface area (Å²) >= 11 is 0. The average molecular weight is 398 g/mol. The summed E-state index contributed by atoms with van der Waals surface area (Å²) in [4.78, 5) is 9.95. The van der Waals surface area contributed by atoms with E-state index in [1.807, 2.05) is 6.20 Å². The molecule has 154 valence electrons. The first-order valence-corrected chi connectivity index (χ1v) is 11.3. The lowest BCUT2D eigenvalue weighted by Crippen LogP contribution is -2.48. The van der Waals surface area contributed by atoms with E-state index in [9.17, 15) is 0 Å². The predicted molar refractivity (Wildman–Crippen MR) is 126 cm³/mol. The summed E-state index contributed by atoms with van der Waals surface area (Å²) in [5.41, 5.74) is 6.91. The summed E-state index contributed by atoms with van der Waals surface area (Å²) < 4.78 is 0. The first-order chi connectivity index (χ1) is 14.6. The smallest absolute Gasteiger partial charge is 0.158 e. The van der Waals surface area contributed by atoms with Crippen LogP contribution in [0, 0.1) is 0 Å². The first kappa shape index (κ1) is 19.2. The molecular formula is C27H31N3. The Hall–Kier alpha value is -2.81. The average Bonchev–Trinajstić information content (AvgIpc) is 3.12. The number of rotatable bonds is 4. The van der Waals surface area contributed by atoms with Gasteiger partial charge >= 0.3 is 0 Å². The monoisotopic (exact) mass is 397 g/mol. The fraction of sp³-hybridized carbons (Fsp3) is 0.370.